The molecule has 6 heteroatoms. The number of aryl methyl sites for hydroxylation is 1. The van der Waals surface area contributed by atoms with Crippen molar-refractivity contribution in [2.45, 2.75) is 19.9 Å². The van der Waals surface area contributed by atoms with Crippen LogP contribution in [0, 0.1) is 12.7 Å². The van der Waals surface area contributed by atoms with Crippen molar-refractivity contribution < 1.29 is 4.39 Å². The minimum atomic E-state index is -0.203. The molecule has 0 unspecified atom stereocenters. The van der Waals surface area contributed by atoms with Crippen molar-refractivity contribution >= 4 is 17.3 Å². The zero-order valence-electron chi connectivity index (χ0n) is 13.1. The van der Waals surface area contributed by atoms with E-state index in [4.69, 9.17) is 0 Å². The van der Waals surface area contributed by atoms with Gasteiger partial charge in [0.25, 0.3) is 0 Å². The molecule has 0 spiro atoms. The smallest absolute Gasteiger partial charge is 0.193 e. The van der Waals surface area contributed by atoms with Gasteiger partial charge in [-0.2, -0.15) is 0 Å². The molecular formula is C16H21FN4S. The molecule has 0 aliphatic rings. The van der Waals surface area contributed by atoms with E-state index in [1.165, 1.54) is 12.1 Å². The highest BCUT2D eigenvalue weighted by molar-refractivity contribution is 7.09. The van der Waals surface area contributed by atoms with Gasteiger partial charge in [0.1, 0.15) is 5.82 Å². The number of rotatable bonds is 5. The van der Waals surface area contributed by atoms with Crippen LogP contribution in [-0.2, 0) is 13.0 Å². The monoisotopic (exact) mass is 320 g/mol. The second-order valence-electron chi connectivity index (χ2n) is 5.06. The molecule has 0 amide bonds. The predicted molar refractivity (Wildman–Crippen MR) is 89.8 cm³/mol. The molecule has 1 heterocycles. The molecule has 0 radical (unpaired) electrons. The van der Waals surface area contributed by atoms with Gasteiger partial charge in [0.05, 0.1) is 17.2 Å². The molecule has 0 aliphatic carbocycles. The lowest BCUT2D eigenvalue weighted by molar-refractivity contribution is 0.471. The molecule has 0 saturated carbocycles. The van der Waals surface area contributed by atoms with E-state index in [0.29, 0.717) is 0 Å². The van der Waals surface area contributed by atoms with Gasteiger partial charge < -0.3 is 10.2 Å². The van der Waals surface area contributed by atoms with Crippen molar-refractivity contribution in [3.8, 4) is 0 Å². The number of aromatic nitrogens is 1. The zero-order valence-corrected chi connectivity index (χ0v) is 14.0. The molecule has 1 N–H and O–H groups in total. The van der Waals surface area contributed by atoms with Crippen molar-refractivity contribution in [1.29, 1.82) is 0 Å². The Morgan fingerprint density at radius 2 is 2.09 bits per heavy atom. The van der Waals surface area contributed by atoms with Crippen LogP contribution in [0.1, 0.15) is 16.3 Å². The van der Waals surface area contributed by atoms with E-state index < -0.39 is 0 Å². The largest absolute Gasteiger partial charge is 0.356 e. The third-order valence-corrected chi connectivity index (χ3v) is 4.07. The van der Waals surface area contributed by atoms with E-state index in [-0.39, 0.29) is 5.82 Å². The van der Waals surface area contributed by atoms with Gasteiger partial charge in [0, 0.05) is 26.0 Å². The molecule has 1 aromatic carbocycles. The van der Waals surface area contributed by atoms with Crippen molar-refractivity contribution in [2.75, 3.05) is 20.6 Å². The second-order valence-corrected chi connectivity index (χ2v) is 6.13. The summed E-state index contributed by atoms with van der Waals surface area (Å²) in [6.07, 6.45) is 0.822. The highest BCUT2D eigenvalue weighted by Crippen LogP contribution is 2.09. The standard InChI is InChI=1S/C16H21FN4S/c1-12-20-15(11-22-12)10-21(3)16(18-2)19-9-8-13-4-6-14(17)7-5-13/h4-7,11H,8-10H2,1-3H3,(H,18,19). The Balaban J connectivity index is 1.82. The molecule has 2 rings (SSSR count). The van der Waals surface area contributed by atoms with Crippen LogP contribution in [0.3, 0.4) is 0 Å². The van der Waals surface area contributed by atoms with Gasteiger partial charge in [0.15, 0.2) is 5.96 Å². The Morgan fingerprint density at radius 1 is 1.36 bits per heavy atom. The normalized spacial score (nSPS) is 11.5. The van der Waals surface area contributed by atoms with Crippen LogP contribution in [0.25, 0.3) is 0 Å². The lowest BCUT2D eigenvalue weighted by atomic mass is 10.1. The van der Waals surface area contributed by atoms with Crippen LogP contribution >= 0.6 is 11.3 Å². The molecule has 0 atom stereocenters. The van der Waals surface area contributed by atoms with E-state index in [1.54, 1.807) is 18.4 Å². The summed E-state index contributed by atoms with van der Waals surface area (Å²) < 4.78 is 12.9. The van der Waals surface area contributed by atoms with Gasteiger partial charge in [-0.05, 0) is 31.0 Å². The van der Waals surface area contributed by atoms with Gasteiger partial charge in [-0.1, -0.05) is 12.1 Å². The quantitative estimate of drug-likeness (QED) is 0.680. The van der Waals surface area contributed by atoms with Gasteiger partial charge >= 0.3 is 0 Å². The first-order valence-corrected chi connectivity index (χ1v) is 8.03. The summed E-state index contributed by atoms with van der Waals surface area (Å²) in [5.74, 6) is 0.624. The molecule has 118 valence electrons. The summed E-state index contributed by atoms with van der Waals surface area (Å²) in [6.45, 7) is 3.48. The summed E-state index contributed by atoms with van der Waals surface area (Å²) in [7, 11) is 3.75. The van der Waals surface area contributed by atoms with Gasteiger partial charge in [-0.15, -0.1) is 11.3 Å². The van der Waals surface area contributed by atoms with Crippen LogP contribution in [0.15, 0.2) is 34.6 Å². The zero-order chi connectivity index (χ0) is 15.9. The Bertz CT molecular complexity index is 621. The maximum absolute atomic E-state index is 12.9. The molecular weight excluding hydrogens is 299 g/mol. The number of aliphatic imine (C=N–C) groups is 1. The predicted octanol–water partition coefficient (Wildman–Crippen LogP) is 2.84. The first kappa shape index (κ1) is 16.4. The third-order valence-electron chi connectivity index (χ3n) is 3.25. The summed E-state index contributed by atoms with van der Waals surface area (Å²) in [6, 6.07) is 6.59. The molecule has 0 fully saturated rings. The van der Waals surface area contributed by atoms with Crippen LogP contribution < -0.4 is 5.32 Å². The molecule has 0 bridgehead atoms. The molecule has 0 saturated heterocycles. The molecule has 2 aromatic rings. The number of guanidine groups is 1. The SMILES string of the molecule is CN=C(NCCc1ccc(F)cc1)N(C)Cc1csc(C)n1. The van der Waals surface area contributed by atoms with E-state index in [9.17, 15) is 4.39 Å². The Morgan fingerprint density at radius 3 is 2.68 bits per heavy atom. The van der Waals surface area contributed by atoms with Crippen LogP contribution in [0.5, 0.6) is 0 Å². The summed E-state index contributed by atoms with van der Waals surface area (Å²) in [5, 5.41) is 6.46. The Kier molecular flexibility index (Phi) is 5.89. The topological polar surface area (TPSA) is 40.5 Å². The van der Waals surface area contributed by atoms with Gasteiger partial charge in [-0.3, -0.25) is 4.99 Å². The fourth-order valence-corrected chi connectivity index (χ4v) is 2.76. The van der Waals surface area contributed by atoms with Crippen molar-refractivity contribution in [3.63, 3.8) is 0 Å². The Hall–Kier alpha value is -1.95. The fourth-order valence-electron chi connectivity index (χ4n) is 2.15. The number of hydrogen-bond acceptors (Lipinski definition) is 3. The second kappa shape index (κ2) is 7.89. The van der Waals surface area contributed by atoms with Crippen LogP contribution in [0.4, 0.5) is 4.39 Å². The van der Waals surface area contributed by atoms with Crippen molar-refractivity contribution in [1.82, 2.24) is 15.2 Å². The Labute approximate surface area is 134 Å². The van der Waals surface area contributed by atoms with E-state index in [1.807, 2.05) is 31.0 Å². The molecule has 4 nitrogen and oxygen atoms in total. The number of thiazole rings is 1. The first-order chi connectivity index (χ1) is 10.6. The highest BCUT2D eigenvalue weighted by atomic mass is 32.1. The number of nitrogens with zero attached hydrogens (tertiary/aromatic N) is 3. The average Bonchev–Trinajstić information content (AvgIpc) is 2.90. The number of hydrogen-bond donors (Lipinski definition) is 1. The molecule has 0 aliphatic heterocycles. The fraction of sp³-hybridized carbons (Fsp3) is 0.375. The van der Waals surface area contributed by atoms with E-state index in [2.05, 4.69) is 20.7 Å². The van der Waals surface area contributed by atoms with Crippen LogP contribution in [0.2, 0.25) is 0 Å². The highest BCUT2D eigenvalue weighted by Gasteiger charge is 2.08. The average molecular weight is 320 g/mol. The van der Waals surface area contributed by atoms with Gasteiger partial charge in [0.2, 0.25) is 0 Å². The van der Waals surface area contributed by atoms with Crippen molar-refractivity contribution in [2.24, 2.45) is 4.99 Å². The summed E-state index contributed by atoms with van der Waals surface area (Å²) in [5.41, 5.74) is 2.15. The number of benzene rings is 1. The number of halogens is 1. The third kappa shape index (κ3) is 4.80. The van der Waals surface area contributed by atoms with Crippen LogP contribution in [-0.4, -0.2) is 36.5 Å². The first-order valence-electron chi connectivity index (χ1n) is 7.15. The maximum Gasteiger partial charge on any atom is 0.193 e. The minimum Gasteiger partial charge on any atom is -0.356 e. The lowest BCUT2D eigenvalue weighted by Gasteiger charge is -2.21. The van der Waals surface area contributed by atoms with E-state index >= 15 is 0 Å². The minimum absolute atomic E-state index is 0.203. The molecule has 1 aromatic heterocycles. The summed E-state index contributed by atoms with van der Waals surface area (Å²) in [4.78, 5) is 10.8. The van der Waals surface area contributed by atoms with Gasteiger partial charge in [-0.25, -0.2) is 9.37 Å². The van der Waals surface area contributed by atoms with Crippen molar-refractivity contribution in [3.05, 3.63) is 51.7 Å². The maximum atomic E-state index is 12.9. The van der Waals surface area contributed by atoms with E-state index in [0.717, 1.165) is 41.7 Å². The summed E-state index contributed by atoms with van der Waals surface area (Å²) >= 11 is 1.65. The lowest BCUT2D eigenvalue weighted by Crippen LogP contribution is -2.39. The molecule has 22 heavy (non-hydrogen) atoms. The number of nitrogens with one attached hydrogen (secondary N) is 1.